The molecule has 0 aromatic heterocycles. The highest BCUT2D eigenvalue weighted by molar-refractivity contribution is 5.71. The number of esters is 3. The van der Waals surface area contributed by atoms with E-state index in [4.69, 9.17) is 14.2 Å². The Morgan fingerprint density at radius 3 is 0.833 bits per heavy atom. The summed E-state index contributed by atoms with van der Waals surface area (Å²) in [6, 6.07) is 0. The summed E-state index contributed by atoms with van der Waals surface area (Å²) < 4.78 is 16.9. The summed E-state index contributed by atoms with van der Waals surface area (Å²) in [4.78, 5) is 38.3. The molecule has 1 atom stereocenters. The molecule has 0 aromatic rings. The minimum Gasteiger partial charge on any atom is -0.462 e. The van der Waals surface area contributed by atoms with E-state index in [1.807, 2.05) is 0 Å². The zero-order valence-electron chi connectivity index (χ0n) is 50.4. The van der Waals surface area contributed by atoms with Crippen molar-refractivity contribution in [1.29, 1.82) is 0 Å². The van der Waals surface area contributed by atoms with Gasteiger partial charge in [0, 0.05) is 19.3 Å². The predicted octanol–water partition coefficient (Wildman–Crippen LogP) is 21.9. The Labute approximate surface area is 480 Å². The van der Waals surface area contributed by atoms with Crippen LogP contribution in [0.1, 0.15) is 271 Å². The van der Waals surface area contributed by atoms with Crippen molar-refractivity contribution in [3.05, 3.63) is 146 Å². The van der Waals surface area contributed by atoms with Gasteiger partial charge in [0.15, 0.2) is 6.10 Å². The molecule has 1 unspecified atom stereocenters. The molecule has 0 fully saturated rings. The zero-order chi connectivity index (χ0) is 56.4. The van der Waals surface area contributed by atoms with E-state index in [-0.39, 0.29) is 37.5 Å². The van der Waals surface area contributed by atoms with Crippen LogP contribution in [0.2, 0.25) is 0 Å². The van der Waals surface area contributed by atoms with Gasteiger partial charge in [-0.25, -0.2) is 0 Å². The van der Waals surface area contributed by atoms with Gasteiger partial charge < -0.3 is 14.2 Å². The van der Waals surface area contributed by atoms with Crippen LogP contribution < -0.4 is 0 Å². The summed E-state index contributed by atoms with van der Waals surface area (Å²) in [5.74, 6) is -1.00. The first-order valence-corrected chi connectivity index (χ1v) is 31.8. The molecular formula is C72H116O6. The number of carbonyl (C=O) groups is 3. The molecule has 0 aliphatic rings. The molecular weight excluding hydrogens is 961 g/mol. The maximum absolute atomic E-state index is 12.9. The minimum absolute atomic E-state index is 0.117. The standard InChI is InChI=1S/C72H116O6/c1-4-7-10-13-16-19-22-25-28-31-33-34-35-36-37-38-39-42-44-47-50-53-56-59-62-65-71(74)77-68-69(67-76-70(73)64-61-58-55-52-49-46-43-40-30-27-24-21-18-15-12-9-6-3)78-72(75)66-63-60-57-54-51-48-45-41-32-29-26-23-20-17-14-11-8-5-2/h7,9-10,12,16,18-19,21,25,27-28,30,33-34,36-37,39,42-43,46-47,50,52,55,69H,4-6,8,11,13-15,17,20,22-24,26,29,31-32,35,38,40-41,44-45,48-49,51,53-54,56-68H2,1-3H3/b10-7-,12-9-,19-16-,21-18-,28-25-,30-27-,34-33-,37-36-,42-39-,46-43-,50-47-,55-52-. The van der Waals surface area contributed by atoms with Crippen LogP contribution in [0.3, 0.4) is 0 Å². The molecule has 440 valence electrons. The first-order valence-electron chi connectivity index (χ1n) is 31.8. The lowest BCUT2D eigenvalue weighted by molar-refractivity contribution is -0.167. The van der Waals surface area contributed by atoms with Crippen molar-refractivity contribution >= 4 is 17.9 Å². The lowest BCUT2D eigenvalue weighted by Gasteiger charge is -2.18. The summed E-state index contributed by atoms with van der Waals surface area (Å²) in [5, 5.41) is 0. The number of rotatable bonds is 56. The van der Waals surface area contributed by atoms with Crippen LogP contribution in [0.5, 0.6) is 0 Å². The van der Waals surface area contributed by atoms with Crippen LogP contribution >= 0.6 is 0 Å². The molecule has 0 amide bonds. The SMILES string of the molecule is CC/C=C\C/C=C\C/C=C\C/C=C\C/C=C\C/C=C\C/C=C\CCCCCC(=O)OCC(COC(=O)CCC/C=C\C/C=C\C/C=C\C/C=C\C/C=C\CC)OC(=O)CCCCCCCCCCCCCCCCCCCC. The number of hydrogen-bond donors (Lipinski definition) is 0. The third kappa shape index (κ3) is 62.1. The van der Waals surface area contributed by atoms with Gasteiger partial charge in [-0.3, -0.25) is 14.4 Å². The Bertz CT molecular complexity index is 1710. The highest BCUT2D eigenvalue weighted by Crippen LogP contribution is 2.16. The van der Waals surface area contributed by atoms with Crippen LogP contribution in [0.15, 0.2) is 146 Å². The third-order valence-corrected chi connectivity index (χ3v) is 13.1. The van der Waals surface area contributed by atoms with Crippen LogP contribution in [-0.2, 0) is 28.6 Å². The van der Waals surface area contributed by atoms with Gasteiger partial charge in [0.05, 0.1) is 0 Å². The second kappa shape index (κ2) is 64.8. The van der Waals surface area contributed by atoms with E-state index in [0.717, 1.165) is 128 Å². The van der Waals surface area contributed by atoms with Crippen LogP contribution in [0, 0.1) is 0 Å². The van der Waals surface area contributed by atoms with Crippen LogP contribution in [0.25, 0.3) is 0 Å². The molecule has 78 heavy (non-hydrogen) atoms. The van der Waals surface area contributed by atoms with E-state index in [1.165, 1.54) is 96.3 Å². The molecule has 6 heteroatoms. The molecule has 0 radical (unpaired) electrons. The van der Waals surface area contributed by atoms with Gasteiger partial charge in [-0.1, -0.05) is 282 Å². The maximum atomic E-state index is 12.9. The zero-order valence-corrected chi connectivity index (χ0v) is 50.4. The summed E-state index contributed by atoms with van der Waals surface area (Å²) in [6.07, 6.45) is 92.8. The number of carbonyl (C=O) groups excluding carboxylic acids is 3. The Morgan fingerprint density at radius 1 is 0.269 bits per heavy atom. The lowest BCUT2D eigenvalue weighted by atomic mass is 10.0. The van der Waals surface area contributed by atoms with Gasteiger partial charge >= 0.3 is 17.9 Å². The van der Waals surface area contributed by atoms with E-state index >= 15 is 0 Å². The van der Waals surface area contributed by atoms with Crippen molar-refractivity contribution < 1.29 is 28.6 Å². The van der Waals surface area contributed by atoms with Gasteiger partial charge in [-0.2, -0.15) is 0 Å². The van der Waals surface area contributed by atoms with Gasteiger partial charge in [0.2, 0.25) is 0 Å². The third-order valence-electron chi connectivity index (χ3n) is 13.1. The van der Waals surface area contributed by atoms with Crippen molar-refractivity contribution in [2.24, 2.45) is 0 Å². The van der Waals surface area contributed by atoms with E-state index < -0.39 is 6.10 Å². The van der Waals surface area contributed by atoms with E-state index in [0.29, 0.717) is 19.3 Å². The van der Waals surface area contributed by atoms with Gasteiger partial charge in [-0.15, -0.1) is 0 Å². The van der Waals surface area contributed by atoms with Gasteiger partial charge in [0.1, 0.15) is 13.2 Å². The number of allylic oxidation sites excluding steroid dienone is 24. The summed E-state index contributed by atoms with van der Waals surface area (Å²) >= 11 is 0. The Morgan fingerprint density at radius 2 is 0.513 bits per heavy atom. The fourth-order valence-corrected chi connectivity index (χ4v) is 8.40. The lowest BCUT2D eigenvalue weighted by Crippen LogP contribution is -2.30. The topological polar surface area (TPSA) is 78.9 Å². The average molecular weight is 1080 g/mol. The largest absolute Gasteiger partial charge is 0.462 e. The smallest absolute Gasteiger partial charge is 0.306 e. The molecule has 0 spiro atoms. The number of hydrogen-bond acceptors (Lipinski definition) is 6. The number of ether oxygens (including phenoxy) is 3. The molecule has 0 aliphatic carbocycles. The second-order valence-electron chi connectivity index (χ2n) is 20.6. The highest BCUT2D eigenvalue weighted by Gasteiger charge is 2.19. The molecule has 0 heterocycles. The van der Waals surface area contributed by atoms with Crippen molar-refractivity contribution in [2.45, 2.75) is 277 Å². The molecule has 0 saturated carbocycles. The van der Waals surface area contributed by atoms with Gasteiger partial charge in [-0.05, 0) is 116 Å². The molecule has 0 rings (SSSR count). The molecule has 6 nitrogen and oxygen atoms in total. The first kappa shape index (κ1) is 73.3. The summed E-state index contributed by atoms with van der Waals surface area (Å²) in [6.45, 7) is 6.35. The molecule has 0 aromatic carbocycles. The minimum atomic E-state index is -0.821. The summed E-state index contributed by atoms with van der Waals surface area (Å²) in [5.41, 5.74) is 0. The van der Waals surface area contributed by atoms with Gasteiger partial charge in [0.25, 0.3) is 0 Å². The van der Waals surface area contributed by atoms with Crippen molar-refractivity contribution in [3.8, 4) is 0 Å². The molecule has 0 bridgehead atoms. The van der Waals surface area contributed by atoms with Crippen molar-refractivity contribution in [1.82, 2.24) is 0 Å². The number of unbranched alkanes of at least 4 members (excludes halogenated alkanes) is 21. The fourth-order valence-electron chi connectivity index (χ4n) is 8.40. The predicted molar refractivity (Wildman–Crippen MR) is 339 cm³/mol. The Hall–Kier alpha value is -4.71. The Balaban J connectivity index is 4.52. The normalized spacial score (nSPS) is 13.1. The van der Waals surface area contributed by atoms with Crippen LogP contribution in [0.4, 0.5) is 0 Å². The van der Waals surface area contributed by atoms with Crippen LogP contribution in [-0.4, -0.2) is 37.2 Å². The fraction of sp³-hybridized carbons (Fsp3) is 0.625. The molecule has 0 saturated heterocycles. The monoisotopic (exact) mass is 1080 g/mol. The van der Waals surface area contributed by atoms with E-state index in [1.54, 1.807) is 0 Å². The second-order valence-corrected chi connectivity index (χ2v) is 20.6. The van der Waals surface area contributed by atoms with Crippen molar-refractivity contribution in [3.63, 3.8) is 0 Å². The highest BCUT2D eigenvalue weighted by atomic mass is 16.6. The van der Waals surface area contributed by atoms with E-state index in [2.05, 4.69) is 167 Å². The Kier molecular flexibility index (Phi) is 60.9. The van der Waals surface area contributed by atoms with Crippen molar-refractivity contribution in [2.75, 3.05) is 13.2 Å². The molecule has 0 aliphatic heterocycles. The summed E-state index contributed by atoms with van der Waals surface area (Å²) in [7, 11) is 0. The average Bonchev–Trinajstić information content (AvgIpc) is 3.44. The quantitative estimate of drug-likeness (QED) is 0.0261. The maximum Gasteiger partial charge on any atom is 0.306 e. The molecule has 0 N–H and O–H groups in total. The first-order chi connectivity index (χ1) is 38.5. The van der Waals surface area contributed by atoms with E-state index in [9.17, 15) is 14.4 Å².